The summed E-state index contributed by atoms with van der Waals surface area (Å²) in [5.41, 5.74) is -1.96. The molecular weight excluding hydrogens is 434 g/mol. The molecule has 0 radical (unpaired) electrons. The molecule has 11 nitrogen and oxygen atoms in total. The van der Waals surface area contributed by atoms with Crippen LogP contribution in [-0.2, 0) is 38.4 Å². The summed E-state index contributed by atoms with van der Waals surface area (Å²) in [6.07, 6.45) is -6.92. The Morgan fingerprint density at radius 2 is 1.61 bits per heavy atom. The van der Waals surface area contributed by atoms with Crippen molar-refractivity contribution in [3.8, 4) is 0 Å². The van der Waals surface area contributed by atoms with Crippen LogP contribution in [-0.4, -0.2) is 72.6 Å². The molecule has 1 saturated heterocycles. The standard InChI is InChI=1S/C19H25NO10S/c1-9-7-5-6-8-13(9)31(26,27)19(25)17-16(29-12(4)23)15(28-11(3)22)14(18(24)30-17)20-10(2)21/h5-8,14-19,24-25H,1-4H3,(H,20,21)/t14-,15+,16-,17-,18-,19?/m0/s1. The second-order valence-electron chi connectivity index (χ2n) is 7.07. The number of carbonyl (C=O) groups excluding carboxylic acids is 3. The lowest BCUT2D eigenvalue weighted by atomic mass is 9.96. The molecule has 0 aromatic heterocycles. The molecule has 0 bridgehead atoms. The Hall–Kier alpha value is -2.54. The van der Waals surface area contributed by atoms with E-state index >= 15 is 0 Å². The fraction of sp³-hybridized carbons (Fsp3) is 0.526. The SMILES string of the molecule is CC(=O)N[C@H]1[C@@H](OC(C)=O)[C@H](OC(C)=O)[C@@H](C(O)S(=O)(=O)c2ccccc2C)O[C@@H]1O. The zero-order chi connectivity index (χ0) is 23.5. The average Bonchev–Trinajstić information content (AvgIpc) is 2.65. The Morgan fingerprint density at radius 1 is 1.06 bits per heavy atom. The number of nitrogens with one attached hydrogen (secondary N) is 1. The molecule has 1 amide bonds. The van der Waals surface area contributed by atoms with Gasteiger partial charge in [-0.05, 0) is 18.6 Å². The molecule has 3 N–H and O–H groups in total. The van der Waals surface area contributed by atoms with Gasteiger partial charge in [-0.25, -0.2) is 8.42 Å². The van der Waals surface area contributed by atoms with Crippen molar-refractivity contribution in [2.75, 3.05) is 0 Å². The van der Waals surface area contributed by atoms with E-state index in [0.29, 0.717) is 5.56 Å². The summed E-state index contributed by atoms with van der Waals surface area (Å²) in [5.74, 6) is -2.38. The fourth-order valence-electron chi connectivity index (χ4n) is 3.33. The molecule has 2 rings (SSSR count). The van der Waals surface area contributed by atoms with Crippen LogP contribution in [0, 0.1) is 6.92 Å². The summed E-state index contributed by atoms with van der Waals surface area (Å²) in [4.78, 5) is 34.7. The number of amides is 1. The van der Waals surface area contributed by atoms with E-state index in [0.717, 1.165) is 20.8 Å². The minimum absolute atomic E-state index is 0.199. The van der Waals surface area contributed by atoms with Gasteiger partial charge in [0.05, 0.1) is 4.90 Å². The molecule has 1 aromatic carbocycles. The van der Waals surface area contributed by atoms with Crippen LogP contribution in [0.15, 0.2) is 29.2 Å². The fourth-order valence-corrected chi connectivity index (χ4v) is 4.95. The molecule has 0 aliphatic carbocycles. The molecule has 31 heavy (non-hydrogen) atoms. The van der Waals surface area contributed by atoms with E-state index < -0.39 is 63.8 Å². The van der Waals surface area contributed by atoms with E-state index in [1.54, 1.807) is 6.07 Å². The monoisotopic (exact) mass is 459 g/mol. The van der Waals surface area contributed by atoms with Gasteiger partial charge < -0.3 is 29.7 Å². The molecule has 12 heteroatoms. The number of aliphatic hydroxyl groups is 2. The molecule has 1 aliphatic rings. The number of aliphatic hydroxyl groups excluding tert-OH is 2. The maximum absolute atomic E-state index is 13.0. The largest absolute Gasteiger partial charge is 0.456 e. The van der Waals surface area contributed by atoms with Crippen LogP contribution in [0.1, 0.15) is 26.3 Å². The highest BCUT2D eigenvalue weighted by Gasteiger charge is 2.54. The van der Waals surface area contributed by atoms with Crippen molar-refractivity contribution in [1.29, 1.82) is 0 Å². The van der Waals surface area contributed by atoms with E-state index in [9.17, 15) is 33.0 Å². The van der Waals surface area contributed by atoms with Crippen molar-refractivity contribution in [2.24, 2.45) is 0 Å². The number of aryl methyl sites for hydroxylation is 1. The van der Waals surface area contributed by atoms with E-state index in [1.165, 1.54) is 25.1 Å². The van der Waals surface area contributed by atoms with Gasteiger partial charge in [-0.3, -0.25) is 14.4 Å². The van der Waals surface area contributed by atoms with Crippen molar-refractivity contribution in [1.82, 2.24) is 5.32 Å². The molecule has 1 aromatic rings. The van der Waals surface area contributed by atoms with Gasteiger partial charge in [-0.15, -0.1) is 0 Å². The van der Waals surface area contributed by atoms with Crippen LogP contribution in [0.5, 0.6) is 0 Å². The molecule has 1 fully saturated rings. The number of esters is 2. The van der Waals surface area contributed by atoms with Crippen LogP contribution in [0.4, 0.5) is 0 Å². The lowest BCUT2D eigenvalue weighted by Gasteiger charge is -2.44. The third-order valence-electron chi connectivity index (χ3n) is 4.58. The van der Waals surface area contributed by atoms with Gasteiger partial charge in [-0.2, -0.15) is 0 Å². The summed E-state index contributed by atoms with van der Waals surface area (Å²) < 4.78 is 41.6. The quantitative estimate of drug-likeness (QED) is 0.457. The van der Waals surface area contributed by atoms with Crippen molar-refractivity contribution in [2.45, 2.75) is 68.7 Å². The summed E-state index contributed by atoms with van der Waals surface area (Å²) in [7, 11) is -4.45. The molecular formula is C19H25NO10S. The zero-order valence-electron chi connectivity index (χ0n) is 17.3. The highest BCUT2D eigenvalue weighted by molar-refractivity contribution is 7.92. The van der Waals surface area contributed by atoms with Crippen LogP contribution in [0.3, 0.4) is 0 Å². The lowest BCUT2D eigenvalue weighted by molar-refractivity contribution is -0.267. The highest BCUT2D eigenvalue weighted by atomic mass is 32.2. The van der Waals surface area contributed by atoms with Gasteiger partial charge in [0.1, 0.15) is 12.1 Å². The van der Waals surface area contributed by atoms with Gasteiger partial charge in [0.15, 0.2) is 23.9 Å². The summed E-state index contributed by atoms with van der Waals surface area (Å²) in [6, 6.07) is 4.47. The highest BCUT2D eigenvalue weighted by Crippen LogP contribution is 2.31. The first-order chi connectivity index (χ1) is 14.4. The predicted octanol–water partition coefficient (Wildman–Crippen LogP) is -0.828. The van der Waals surface area contributed by atoms with Crippen molar-refractivity contribution in [3.63, 3.8) is 0 Å². The van der Waals surface area contributed by atoms with Crippen LogP contribution < -0.4 is 5.32 Å². The zero-order valence-corrected chi connectivity index (χ0v) is 18.2. The second kappa shape index (κ2) is 9.73. The first-order valence-corrected chi connectivity index (χ1v) is 10.8. The van der Waals surface area contributed by atoms with E-state index in [2.05, 4.69) is 5.32 Å². The predicted molar refractivity (Wildman–Crippen MR) is 104 cm³/mol. The minimum atomic E-state index is -4.45. The number of ether oxygens (including phenoxy) is 3. The Bertz CT molecular complexity index is 947. The minimum Gasteiger partial charge on any atom is -0.456 e. The van der Waals surface area contributed by atoms with Crippen LogP contribution in [0.2, 0.25) is 0 Å². The number of hydrogen-bond acceptors (Lipinski definition) is 10. The Labute approximate surface area is 179 Å². The van der Waals surface area contributed by atoms with Gasteiger partial charge in [-0.1, -0.05) is 18.2 Å². The van der Waals surface area contributed by atoms with Gasteiger partial charge in [0, 0.05) is 20.8 Å². The molecule has 6 atom stereocenters. The smallest absolute Gasteiger partial charge is 0.303 e. The maximum atomic E-state index is 13.0. The Morgan fingerprint density at radius 3 is 2.13 bits per heavy atom. The number of sulfone groups is 1. The molecule has 1 heterocycles. The molecule has 0 saturated carbocycles. The first-order valence-electron chi connectivity index (χ1n) is 9.29. The number of hydrogen-bond donors (Lipinski definition) is 3. The van der Waals surface area contributed by atoms with Crippen LogP contribution >= 0.6 is 0 Å². The molecule has 1 aliphatic heterocycles. The first kappa shape index (κ1) is 24.7. The maximum Gasteiger partial charge on any atom is 0.303 e. The van der Waals surface area contributed by atoms with Gasteiger partial charge in [0.25, 0.3) is 0 Å². The molecule has 172 valence electrons. The number of benzene rings is 1. The van der Waals surface area contributed by atoms with E-state index in [-0.39, 0.29) is 4.90 Å². The van der Waals surface area contributed by atoms with Crippen molar-refractivity contribution < 1.29 is 47.2 Å². The summed E-state index contributed by atoms with van der Waals surface area (Å²) in [6.45, 7) is 4.70. The Balaban J connectivity index is 2.53. The third-order valence-corrected chi connectivity index (χ3v) is 6.55. The van der Waals surface area contributed by atoms with Gasteiger partial charge >= 0.3 is 11.9 Å². The lowest BCUT2D eigenvalue weighted by Crippen LogP contribution is -2.67. The van der Waals surface area contributed by atoms with Crippen molar-refractivity contribution in [3.05, 3.63) is 29.8 Å². The summed E-state index contributed by atoms with van der Waals surface area (Å²) >= 11 is 0. The van der Waals surface area contributed by atoms with E-state index in [4.69, 9.17) is 14.2 Å². The normalized spacial score (nSPS) is 27.1. The molecule has 1 unspecified atom stereocenters. The second-order valence-corrected chi connectivity index (χ2v) is 9.08. The number of rotatable bonds is 6. The van der Waals surface area contributed by atoms with Crippen LogP contribution in [0.25, 0.3) is 0 Å². The Kier molecular flexibility index (Phi) is 7.76. The summed E-state index contributed by atoms with van der Waals surface area (Å²) in [5, 5.41) is 23.5. The topological polar surface area (TPSA) is 166 Å². The van der Waals surface area contributed by atoms with Gasteiger partial charge in [0.2, 0.25) is 15.7 Å². The number of carbonyl (C=O) groups is 3. The molecule has 0 spiro atoms. The van der Waals surface area contributed by atoms with E-state index in [1.807, 2.05) is 0 Å². The van der Waals surface area contributed by atoms with Crippen molar-refractivity contribution >= 4 is 27.7 Å². The third kappa shape index (κ3) is 5.58. The average molecular weight is 459 g/mol.